The van der Waals surface area contributed by atoms with E-state index < -0.39 is 5.60 Å². The first-order valence-electron chi connectivity index (χ1n) is 8.89. The van der Waals surface area contributed by atoms with Crippen molar-refractivity contribution in [1.82, 2.24) is 0 Å². The van der Waals surface area contributed by atoms with E-state index in [1.807, 2.05) is 0 Å². The summed E-state index contributed by atoms with van der Waals surface area (Å²) >= 11 is 0. The van der Waals surface area contributed by atoms with E-state index in [0.717, 1.165) is 38.5 Å². The smallest absolute Gasteiger partial charge is 0.105 e. The van der Waals surface area contributed by atoms with Crippen LogP contribution in [0.15, 0.2) is 34.9 Å². The first-order chi connectivity index (χ1) is 12.1. The summed E-state index contributed by atoms with van der Waals surface area (Å²) in [5.74, 6) is 0. The fraction of sp³-hybridized carbons (Fsp3) is 0.571. The van der Waals surface area contributed by atoms with E-state index in [1.165, 1.54) is 16.7 Å². The van der Waals surface area contributed by atoms with Crippen LogP contribution >= 0.6 is 0 Å². The molecule has 0 fully saturated rings. The maximum atomic E-state index is 8.82. The zero-order chi connectivity index (χ0) is 18.5. The second kappa shape index (κ2) is 11.2. The van der Waals surface area contributed by atoms with Gasteiger partial charge >= 0.3 is 0 Å². The molecular formula is C21H27N3O. The SMILES string of the molecule is COC1(C)C=C(CCCC#N)C=C(CCCC#N)C=C1CCCC#N. The van der Waals surface area contributed by atoms with E-state index in [0.29, 0.717) is 19.3 Å². The topological polar surface area (TPSA) is 80.6 Å². The van der Waals surface area contributed by atoms with Crippen molar-refractivity contribution in [3.63, 3.8) is 0 Å². The number of nitrogens with zero attached hydrogens (tertiary/aromatic N) is 3. The maximum Gasteiger partial charge on any atom is 0.105 e. The molecule has 0 saturated carbocycles. The Morgan fingerprint density at radius 3 is 1.88 bits per heavy atom. The third-order valence-corrected chi connectivity index (χ3v) is 4.50. The Hall–Kier alpha value is -2.35. The van der Waals surface area contributed by atoms with E-state index in [9.17, 15) is 0 Å². The maximum absolute atomic E-state index is 8.82. The van der Waals surface area contributed by atoms with Gasteiger partial charge in [-0.2, -0.15) is 15.8 Å². The van der Waals surface area contributed by atoms with Crippen LogP contribution in [0.5, 0.6) is 0 Å². The van der Waals surface area contributed by atoms with Gasteiger partial charge in [0.05, 0.1) is 18.2 Å². The van der Waals surface area contributed by atoms with Crippen molar-refractivity contribution >= 4 is 0 Å². The lowest BCUT2D eigenvalue weighted by Crippen LogP contribution is -2.27. The Labute approximate surface area is 151 Å². The van der Waals surface area contributed by atoms with Crippen LogP contribution in [0.2, 0.25) is 0 Å². The van der Waals surface area contributed by atoms with Gasteiger partial charge in [-0.1, -0.05) is 12.2 Å². The van der Waals surface area contributed by atoms with Crippen molar-refractivity contribution in [3.8, 4) is 18.2 Å². The molecule has 0 aliphatic heterocycles. The Balaban J connectivity index is 3.08. The summed E-state index contributed by atoms with van der Waals surface area (Å²) in [5, 5.41) is 26.4. The summed E-state index contributed by atoms with van der Waals surface area (Å²) in [7, 11) is 1.71. The summed E-state index contributed by atoms with van der Waals surface area (Å²) in [6.45, 7) is 2.06. The van der Waals surface area contributed by atoms with Crippen molar-refractivity contribution in [3.05, 3.63) is 34.9 Å². The van der Waals surface area contributed by atoms with Crippen molar-refractivity contribution in [1.29, 1.82) is 15.8 Å². The number of ether oxygens (including phenoxy) is 1. The molecule has 4 heteroatoms. The summed E-state index contributed by atoms with van der Waals surface area (Å²) in [4.78, 5) is 0. The van der Waals surface area contributed by atoms with Crippen LogP contribution in [0.25, 0.3) is 0 Å². The van der Waals surface area contributed by atoms with Gasteiger partial charge in [0, 0.05) is 26.4 Å². The number of methoxy groups -OCH3 is 1. The summed E-state index contributed by atoms with van der Waals surface area (Å²) in [5.41, 5.74) is 3.05. The third kappa shape index (κ3) is 6.96. The van der Waals surface area contributed by atoms with E-state index in [1.54, 1.807) is 7.11 Å². The highest BCUT2D eigenvalue weighted by Crippen LogP contribution is 2.34. The van der Waals surface area contributed by atoms with Crippen molar-refractivity contribution in [2.24, 2.45) is 0 Å². The zero-order valence-corrected chi connectivity index (χ0v) is 15.3. The van der Waals surface area contributed by atoms with Gasteiger partial charge in [0.15, 0.2) is 0 Å². The third-order valence-electron chi connectivity index (χ3n) is 4.50. The van der Waals surface area contributed by atoms with Crippen LogP contribution in [-0.2, 0) is 4.74 Å². The highest BCUT2D eigenvalue weighted by molar-refractivity contribution is 5.43. The molecule has 0 N–H and O–H groups in total. The van der Waals surface area contributed by atoms with Gasteiger partial charge in [-0.05, 0) is 68.2 Å². The monoisotopic (exact) mass is 337 g/mol. The summed E-state index contributed by atoms with van der Waals surface area (Å²) < 4.78 is 5.83. The van der Waals surface area contributed by atoms with Gasteiger partial charge in [-0.3, -0.25) is 0 Å². The minimum atomic E-state index is -0.495. The number of nitriles is 3. The Bertz CT molecular complexity index is 652. The fourth-order valence-electron chi connectivity index (χ4n) is 3.04. The van der Waals surface area contributed by atoms with E-state index in [-0.39, 0.29) is 0 Å². The molecule has 132 valence electrons. The number of unbranched alkanes of at least 4 members (excludes halogenated alkanes) is 3. The zero-order valence-electron chi connectivity index (χ0n) is 15.3. The van der Waals surface area contributed by atoms with E-state index >= 15 is 0 Å². The predicted octanol–water partition coefficient (Wildman–Crippen LogP) is 5.27. The molecule has 0 spiro atoms. The fourth-order valence-corrected chi connectivity index (χ4v) is 3.04. The van der Waals surface area contributed by atoms with Gasteiger partial charge in [-0.15, -0.1) is 0 Å². The Kier molecular flexibility index (Phi) is 9.31. The van der Waals surface area contributed by atoms with Crippen molar-refractivity contribution in [2.75, 3.05) is 7.11 Å². The number of allylic oxidation sites excluding steroid dienone is 4. The van der Waals surface area contributed by atoms with Gasteiger partial charge in [0.25, 0.3) is 0 Å². The molecule has 4 nitrogen and oxygen atoms in total. The molecule has 0 aromatic heterocycles. The minimum absolute atomic E-state index is 0.495. The standard InChI is InChI=1S/C21H27N3O/c1-21(25-2)17-19(10-4-7-13-23)15-18(9-3-6-12-22)16-20(21)11-5-8-14-24/h15-17H,3-11H2,1-2H3. The molecule has 0 saturated heterocycles. The number of rotatable bonds is 10. The highest BCUT2D eigenvalue weighted by atomic mass is 16.5. The first-order valence-corrected chi connectivity index (χ1v) is 8.89. The van der Waals surface area contributed by atoms with Gasteiger partial charge in [0.1, 0.15) is 5.60 Å². The van der Waals surface area contributed by atoms with Crippen LogP contribution < -0.4 is 0 Å². The van der Waals surface area contributed by atoms with E-state index in [4.69, 9.17) is 20.5 Å². The second-order valence-electron chi connectivity index (χ2n) is 6.45. The van der Waals surface area contributed by atoms with Crippen LogP contribution in [-0.4, -0.2) is 12.7 Å². The molecule has 1 unspecified atom stereocenters. The lowest BCUT2D eigenvalue weighted by Gasteiger charge is -2.28. The van der Waals surface area contributed by atoms with E-state index in [2.05, 4.69) is 43.4 Å². The lowest BCUT2D eigenvalue weighted by atomic mass is 9.89. The predicted molar refractivity (Wildman–Crippen MR) is 98.1 cm³/mol. The van der Waals surface area contributed by atoms with Crippen LogP contribution in [0.4, 0.5) is 0 Å². The molecule has 1 aliphatic rings. The average molecular weight is 337 g/mol. The molecule has 0 bridgehead atoms. The van der Waals surface area contributed by atoms with Crippen LogP contribution in [0.1, 0.15) is 64.7 Å². The van der Waals surface area contributed by atoms with Crippen molar-refractivity contribution in [2.45, 2.75) is 70.3 Å². The van der Waals surface area contributed by atoms with Gasteiger partial charge < -0.3 is 4.74 Å². The van der Waals surface area contributed by atoms with Gasteiger partial charge in [-0.25, -0.2) is 0 Å². The van der Waals surface area contributed by atoms with Crippen molar-refractivity contribution < 1.29 is 4.74 Å². The molecule has 0 aromatic rings. The molecule has 0 radical (unpaired) electrons. The largest absolute Gasteiger partial charge is 0.370 e. The van der Waals surface area contributed by atoms with Crippen LogP contribution in [0, 0.1) is 34.0 Å². The number of hydrogen-bond acceptors (Lipinski definition) is 4. The molecule has 25 heavy (non-hydrogen) atoms. The van der Waals surface area contributed by atoms with Crippen LogP contribution in [0.3, 0.4) is 0 Å². The molecule has 0 heterocycles. The quantitative estimate of drug-likeness (QED) is 0.509. The molecular weight excluding hydrogens is 310 g/mol. The minimum Gasteiger partial charge on any atom is -0.370 e. The second-order valence-corrected chi connectivity index (χ2v) is 6.45. The summed E-state index contributed by atoms with van der Waals surface area (Å²) in [6, 6.07) is 6.59. The summed E-state index contributed by atoms with van der Waals surface area (Å²) in [6.07, 6.45) is 13.1. The average Bonchev–Trinajstić information content (AvgIpc) is 2.73. The molecule has 1 rings (SSSR count). The molecule has 1 aliphatic carbocycles. The Morgan fingerprint density at radius 1 is 0.840 bits per heavy atom. The highest BCUT2D eigenvalue weighted by Gasteiger charge is 2.28. The Morgan fingerprint density at radius 2 is 1.36 bits per heavy atom. The molecule has 0 aromatic carbocycles. The van der Waals surface area contributed by atoms with Gasteiger partial charge in [0.2, 0.25) is 0 Å². The molecule has 1 atom stereocenters. The molecule has 0 amide bonds. The number of hydrogen-bond donors (Lipinski definition) is 0. The first kappa shape index (κ1) is 20.7. The normalized spacial score (nSPS) is 19.6. The lowest BCUT2D eigenvalue weighted by molar-refractivity contribution is 0.0766.